The monoisotopic (exact) mass is 347 g/mol. The number of thiazole rings is 1. The van der Waals surface area contributed by atoms with Gasteiger partial charge in [0.2, 0.25) is 0 Å². The number of hydrogen-bond acceptors (Lipinski definition) is 5. The first-order valence-corrected chi connectivity index (χ1v) is 8.50. The number of benzene rings is 2. The van der Waals surface area contributed by atoms with E-state index in [-0.39, 0.29) is 17.4 Å². The van der Waals surface area contributed by atoms with Crippen molar-refractivity contribution in [1.29, 1.82) is 0 Å². The quantitative estimate of drug-likeness (QED) is 0.735. The van der Waals surface area contributed by atoms with Crippen LogP contribution in [0.1, 0.15) is 11.1 Å². The lowest BCUT2D eigenvalue weighted by molar-refractivity contribution is -0.113. The van der Waals surface area contributed by atoms with Gasteiger partial charge in [0.25, 0.3) is 5.91 Å². The predicted molar refractivity (Wildman–Crippen MR) is 98.7 cm³/mol. The van der Waals surface area contributed by atoms with Gasteiger partial charge in [-0.25, -0.2) is 14.9 Å². The Labute approximate surface area is 148 Å². The molecule has 1 amide bonds. The molecule has 6 heteroatoms. The Kier molecular flexibility index (Phi) is 3.87. The third-order valence-corrected chi connectivity index (χ3v) is 4.49. The molecule has 0 saturated carbocycles. The molecular weight excluding hydrogens is 334 g/mol. The highest BCUT2D eigenvalue weighted by atomic mass is 32.1. The topological polar surface area (TPSA) is 65.8 Å². The highest BCUT2D eigenvalue weighted by Gasteiger charge is 2.34. The second-order valence-electron chi connectivity index (χ2n) is 5.35. The lowest BCUT2D eigenvalue weighted by atomic mass is 10.1. The molecule has 25 heavy (non-hydrogen) atoms. The fourth-order valence-corrected chi connectivity index (χ4v) is 3.20. The van der Waals surface area contributed by atoms with Crippen molar-refractivity contribution in [2.45, 2.75) is 0 Å². The van der Waals surface area contributed by atoms with Gasteiger partial charge < -0.3 is 5.11 Å². The van der Waals surface area contributed by atoms with E-state index in [2.05, 4.69) is 9.98 Å². The van der Waals surface area contributed by atoms with Gasteiger partial charge in [0.05, 0.1) is 0 Å². The first-order valence-electron chi connectivity index (χ1n) is 7.62. The molecule has 0 unspecified atom stereocenters. The van der Waals surface area contributed by atoms with Crippen LogP contribution in [0.5, 0.6) is 5.75 Å². The molecule has 2 aromatic carbocycles. The van der Waals surface area contributed by atoms with Crippen LogP contribution in [0.3, 0.4) is 0 Å². The third kappa shape index (κ3) is 2.83. The Hall–Kier alpha value is -3.25. The number of amides is 1. The van der Waals surface area contributed by atoms with E-state index in [1.807, 2.05) is 35.7 Å². The molecular formula is C19H13N3O2S. The number of anilines is 1. The van der Waals surface area contributed by atoms with Crippen molar-refractivity contribution in [2.24, 2.45) is 4.99 Å². The van der Waals surface area contributed by atoms with Gasteiger partial charge in [0.1, 0.15) is 17.3 Å². The molecule has 1 aromatic heterocycles. The van der Waals surface area contributed by atoms with Crippen LogP contribution in [-0.4, -0.2) is 21.8 Å². The Bertz CT molecular complexity index is 979. The summed E-state index contributed by atoms with van der Waals surface area (Å²) in [4.78, 5) is 23.2. The number of para-hydroxylation sites is 1. The number of phenols is 1. The van der Waals surface area contributed by atoms with Crippen LogP contribution < -0.4 is 4.90 Å². The standard InChI is InChI=1S/C19H13N3O2S/c23-16-9-5-4-8-14(16)12-15-18(24)22(19-20-10-11-25-19)17(21-15)13-6-2-1-3-7-13/h1-12,23H/b15-12-. The molecule has 5 nitrogen and oxygen atoms in total. The number of aromatic hydroxyl groups is 1. The van der Waals surface area contributed by atoms with Gasteiger partial charge in [0, 0.05) is 22.7 Å². The average Bonchev–Trinajstić information content (AvgIpc) is 3.26. The van der Waals surface area contributed by atoms with Gasteiger partial charge in [-0.2, -0.15) is 0 Å². The molecule has 0 fully saturated rings. The molecule has 4 rings (SSSR count). The van der Waals surface area contributed by atoms with Crippen molar-refractivity contribution in [3.8, 4) is 5.75 Å². The SMILES string of the molecule is O=C1/C(=C/c2ccccc2O)N=C(c2ccccc2)N1c1nccs1. The summed E-state index contributed by atoms with van der Waals surface area (Å²) in [5.74, 6) is 0.367. The summed E-state index contributed by atoms with van der Waals surface area (Å²) in [5.41, 5.74) is 1.63. The van der Waals surface area contributed by atoms with Gasteiger partial charge in [-0.1, -0.05) is 48.5 Å². The number of phenolic OH excluding ortho intramolecular Hbond substituents is 1. The molecule has 2 heterocycles. The van der Waals surface area contributed by atoms with Gasteiger partial charge in [-0.15, -0.1) is 11.3 Å². The zero-order chi connectivity index (χ0) is 17.2. The second kappa shape index (κ2) is 6.33. The first-order chi connectivity index (χ1) is 12.2. The van der Waals surface area contributed by atoms with Crippen LogP contribution in [-0.2, 0) is 4.79 Å². The van der Waals surface area contributed by atoms with Crippen LogP contribution in [0.25, 0.3) is 6.08 Å². The molecule has 122 valence electrons. The van der Waals surface area contributed by atoms with Crippen LogP contribution in [0, 0.1) is 0 Å². The maximum absolute atomic E-state index is 12.9. The first kappa shape index (κ1) is 15.3. The van der Waals surface area contributed by atoms with Crippen molar-refractivity contribution in [3.05, 3.63) is 83.0 Å². The zero-order valence-corrected chi connectivity index (χ0v) is 13.9. The van der Waals surface area contributed by atoms with Crippen LogP contribution >= 0.6 is 11.3 Å². The van der Waals surface area contributed by atoms with Crippen LogP contribution in [0.15, 0.2) is 76.9 Å². The molecule has 1 aliphatic rings. The molecule has 0 saturated heterocycles. The smallest absolute Gasteiger partial charge is 0.284 e. The minimum Gasteiger partial charge on any atom is -0.507 e. The third-order valence-electron chi connectivity index (χ3n) is 3.73. The van der Waals surface area contributed by atoms with E-state index < -0.39 is 0 Å². The predicted octanol–water partition coefficient (Wildman–Crippen LogP) is 3.68. The minimum absolute atomic E-state index is 0.104. The highest BCUT2D eigenvalue weighted by Crippen LogP contribution is 2.30. The maximum Gasteiger partial charge on any atom is 0.284 e. The van der Waals surface area contributed by atoms with E-state index in [9.17, 15) is 9.90 Å². The lowest BCUT2D eigenvalue weighted by Crippen LogP contribution is -2.32. The molecule has 0 bridgehead atoms. The van der Waals surface area contributed by atoms with Crippen molar-refractivity contribution in [1.82, 2.24) is 4.98 Å². The van der Waals surface area contributed by atoms with Gasteiger partial charge >= 0.3 is 0 Å². The van der Waals surface area contributed by atoms with E-state index >= 15 is 0 Å². The fraction of sp³-hybridized carbons (Fsp3) is 0. The van der Waals surface area contributed by atoms with Crippen LogP contribution in [0.4, 0.5) is 5.13 Å². The van der Waals surface area contributed by atoms with Gasteiger partial charge in [0.15, 0.2) is 5.13 Å². The van der Waals surface area contributed by atoms with E-state index in [0.717, 1.165) is 5.56 Å². The number of carbonyl (C=O) groups excluding carboxylic acids is 1. The molecule has 0 atom stereocenters. The largest absolute Gasteiger partial charge is 0.507 e. The maximum atomic E-state index is 12.9. The normalized spacial score (nSPS) is 15.7. The Morgan fingerprint density at radius 1 is 1.04 bits per heavy atom. The van der Waals surface area contributed by atoms with Crippen molar-refractivity contribution >= 4 is 34.3 Å². The highest BCUT2D eigenvalue weighted by molar-refractivity contribution is 7.14. The number of carbonyl (C=O) groups is 1. The molecule has 1 aliphatic heterocycles. The van der Waals surface area contributed by atoms with Crippen molar-refractivity contribution in [2.75, 3.05) is 4.90 Å². The van der Waals surface area contributed by atoms with Gasteiger partial charge in [-0.05, 0) is 12.1 Å². The summed E-state index contributed by atoms with van der Waals surface area (Å²) < 4.78 is 0. The second-order valence-corrected chi connectivity index (χ2v) is 6.22. The summed E-state index contributed by atoms with van der Waals surface area (Å²) in [6, 6.07) is 16.3. The number of aliphatic imine (C=N–C) groups is 1. The van der Waals surface area contributed by atoms with E-state index in [4.69, 9.17) is 0 Å². The van der Waals surface area contributed by atoms with E-state index in [1.54, 1.807) is 36.5 Å². The summed E-state index contributed by atoms with van der Waals surface area (Å²) in [6.45, 7) is 0. The fourth-order valence-electron chi connectivity index (χ4n) is 2.56. The molecule has 3 aromatic rings. The molecule has 1 N–H and O–H groups in total. The number of aromatic nitrogens is 1. The summed E-state index contributed by atoms with van der Waals surface area (Å²) in [5, 5.41) is 12.3. The number of hydrogen-bond donors (Lipinski definition) is 1. The van der Waals surface area contributed by atoms with Gasteiger partial charge in [-0.3, -0.25) is 4.79 Å². The van der Waals surface area contributed by atoms with Crippen molar-refractivity contribution in [3.63, 3.8) is 0 Å². The number of rotatable bonds is 3. The Balaban J connectivity index is 1.83. The molecule has 0 radical (unpaired) electrons. The summed E-state index contributed by atoms with van der Waals surface area (Å²) >= 11 is 1.37. The average molecular weight is 347 g/mol. The van der Waals surface area contributed by atoms with Crippen molar-refractivity contribution < 1.29 is 9.90 Å². The lowest BCUT2D eigenvalue weighted by Gasteiger charge is -2.14. The number of nitrogens with zero attached hydrogens (tertiary/aromatic N) is 3. The Morgan fingerprint density at radius 2 is 1.80 bits per heavy atom. The minimum atomic E-state index is -0.267. The molecule has 0 aliphatic carbocycles. The molecule has 0 spiro atoms. The van der Waals surface area contributed by atoms with E-state index in [1.165, 1.54) is 16.2 Å². The van der Waals surface area contributed by atoms with Crippen LogP contribution in [0.2, 0.25) is 0 Å². The summed E-state index contributed by atoms with van der Waals surface area (Å²) in [6.07, 6.45) is 3.24. The zero-order valence-electron chi connectivity index (χ0n) is 13.0. The Morgan fingerprint density at radius 3 is 2.52 bits per heavy atom. The van der Waals surface area contributed by atoms with E-state index in [0.29, 0.717) is 16.5 Å². The number of amidine groups is 1. The summed E-state index contributed by atoms with van der Waals surface area (Å²) in [7, 11) is 0.